The highest BCUT2D eigenvalue weighted by atomic mass is 35.5. The number of aromatic nitrogens is 1. The van der Waals surface area contributed by atoms with E-state index in [9.17, 15) is 5.11 Å². The predicted molar refractivity (Wildman–Crippen MR) is 88.1 cm³/mol. The largest absolute Gasteiger partial charge is 0.381 e. The molecular formula is C16H11Cl2NOS. The van der Waals surface area contributed by atoms with Crippen LogP contribution in [0.4, 0.5) is 0 Å². The van der Waals surface area contributed by atoms with Gasteiger partial charge in [-0.25, -0.2) is 4.98 Å². The molecule has 0 aliphatic heterocycles. The molecule has 0 radical (unpaired) electrons. The maximum Gasteiger partial charge on any atom is 0.131 e. The number of hydrogen-bond acceptors (Lipinski definition) is 3. The van der Waals surface area contributed by atoms with E-state index in [1.165, 1.54) is 11.3 Å². The number of benzene rings is 2. The first-order valence-corrected chi connectivity index (χ1v) is 7.92. The lowest BCUT2D eigenvalue weighted by Crippen LogP contribution is -1.98. The molecule has 3 aromatic rings. The van der Waals surface area contributed by atoms with Crippen LogP contribution in [0.15, 0.2) is 53.9 Å². The Morgan fingerprint density at radius 2 is 1.76 bits per heavy atom. The zero-order valence-corrected chi connectivity index (χ0v) is 13.2. The van der Waals surface area contributed by atoms with Gasteiger partial charge in [0.25, 0.3) is 0 Å². The molecule has 1 atom stereocenters. The number of rotatable bonds is 3. The molecule has 0 aliphatic rings. The van der Waals surface area contributed by atoms with Gasteiger partial charge in [0.1, 0.15) is 11.1 Å². The van der Waals surface area contributed by atoms with Crippen LogP contribution in [0.1, 0.15) is 16.7 Å². The molecule has 5 heteroatoms. The summed E-state index contributed by atoms with van der Waals surface area (Å²) in [7, 11) is 0. The highest BCUT2D eigenvalue weighted by Crippen LogP contribution is 2.32. The molecule has 0 spiro atoms. The predicted octanol–water partition coefficient (Wildman–Crippen LogP) is 5.20. The number of hydrogen-bond donors (Lipinski definition) is 1. The van der Waals surface area contributed by atoms with Crippen LogP contribution in [-0.2, 0) is 0 Å². The summed E-state index contributed by atoms with van der Waals surface area (Å²) >= 11 is 13.4. The maximum absolute atomic E-state index is 10.4. The molecule has 0 saturated carbocycles. The van der Waals surface area contributed by atoms with E-state index in [0.29, 0.717) is 15.1 Å². The van der Waals surface area contributed by atoms with Crippen LogP contribution in [0, 0.1) is 0 Å². The smallest absolute Gasteiger partial charge is 0.131 e. The molecule has 3 rings (SSSR count). The molecule has 1 aromatic heterocycles. The van der Waals surface area contributed by atoms with Gasteiger partial charge in [-0.1, -0.05) is 59.6 Å². The van der Waals surface area contributed by atoms with Gasteiger partial charge in [-0.05, 0) is 17.7 Å². The van der Waals surface area contributed by atoms with Crippen molar-refractivity contribution in [3.05, 3.63) is 74.5 Å². The maximum atomic E-state index is 10.4. The molecule has 1 N–H and O–H groups in total. The number of nitrogens with zero attached hydrogens (tertiary/aromatic N) is 1. The number of halogens is 2. The Bertz CT molecular complexity index is 758. The van der Waals surface area contributed by atoms with Gasteiger partial charge < -0.3 is 5.11 Å². The highest BCUT2D eigenvalue weighted by Gasteiger charge is 2.15. The summed E-state index contributed by atoms with van der Waals surface area (Å²) in [5.74, 6) is 0. The zero-order valence-electron chi connectivity index (χ0n) is 10.8. The van der Waals surface area contributed by atoms with Crippen molar-refractivity contribution >= 4 is 34.5 Å². The van der Waals surface area contributed by atoms with Gasteiger partial charge in [0.05, 0.1) is 15.7 Å². The highest BCUT2D eigenvalue weighted by molar-refractivity contribution is 7.10. The quantitative estimate of drug-likeness (QED) is 0.713. The molecular weight excluding hydrogens is 325 g/mol. The summed E-state index contributed by atoms with van der Waals surface area (Å²) in [4.78, 5) is 4.49. The third-order valence-electron chi connectivity index (χ3n) is 3.09. The summed E-state index contributed by atoms with van der Waals surface area (Å²) in [5.41, 5.74) is 2.49. The van der Waals surface area contributed by atoms with E-state index in [4.69, 9.17) is 23.2 Å². The lowest BCUT2D eigenvalue weighted by molar-refractivity contribution is 0.220. The average Bonchev–Trinajstić information content (AvgIpc) is 3.00. The van der Waals surface area contributed by atoms with Crippen molar-refractivity contribution < 1.29 is 5.11 Å². The van der Waals surface area contributed by atoms with Gasteiger partial charge in [0, 0.05) is 10.9 Å². The van der Waals surface area contributed by atoms with E-state index in [-0.39, 0.29) is 0 Å². The van der Waals surface area contributed by atoms with Crippen molar-refractivity contribution in [3.8, 4) is 11.3 Å². The van der Waals surface area contributed by atoms with E-state index in [0.717, 1.165) is 16.8 Å². The topological polar surface area (TPSA) is 33.1 Å². The van der Waals surface area contributed by atoms with Crippen LogP contribution in [-0.4, -0.2) is 10.1 Å². The fraction of sp³-hybridized carbons (Fsp3) is 0.0625. The lowest BCUT2D eigenvalue weighted by Gasteiger charge is -2.07. The summed E-state index contributed by atoms with van der Waals surface area (Å²) in [5, 5.41) is 13.9. The first-order valence-electron chi connectivity index (χ1n) is 6.29. The number of aliphatic hydroxyl groups is 1. The third kappa shape index (κ3) is 3.11. The number of thiazole rings is 1. The Kier molecular flexibility index (Phi) is 4.27. The van der Waals surface area contributed by atoms with Crippen LogP contribution >= 0.6 is 34.5 Å². The molecule has 1 unspecified atom stereocenters. The second-order valence-electron chi connectivity index (χ2n) is 4.51. The van der Waals surface area contributed by atoms with E-state index in [2.05, 4.69) is 4.98 Å². The molecule has 1 heterocycles. The summed E-state index contributed by atoms with van der Waals surface area (Å²) < 4.78 is 0. The molecule has 21 heavy (non-hydrogen) atoms. The molecule has 0 aliphatic carbocycles. The molecule has 106 valence electrons. The zero-order chi connectivity index (χ0) is 14.8. The van der Waals surface area contributed by atoms with Crippen molar-refractivity contribution in [3.63, 3.8) is 0 Å². The van der Waals surface area contributed by atoms with Gasteiger partial charge in [-0.2, -0.15) is 0 Å². The van der Waals surface area contributed by atoms with Crippen molar-refractivity contribution in [1.29, 1.82) is 0 Å². The van der Waals surface area contributed by atoms with E-state index >= 15 is 0 Å². The minimum Gasteiger partial charge on any atom is -0.381 e. The minimum absolute atomic E-state index is 0.493. The Hall–Kier alpha value is -1.39. The SMILES string of the molecule is OC(c1ccccc1)c1nc(-c2ccc(Cl)c(Cl)c2)cs1. The fourth-order valence-electron chi connectivity index (χ4n) is 1.98. The fourth-order valence-corrected chi connectivity index (χ4v) is 3.11. The van der Waals surface area contributed by atoms with Gasteiger partial charge in [-0.3, -0.25) is 0 Å². The number of aliphatic hydroxyl groups excluding tert-OH is 1. The molecule has 2 nitrogen and oxygen atoms in total. The first-order chi connectivity index (χ1) is 10.1. The molecule has 0 bridgehead atoms. The Balaban J connectivity index is 1.91. The summed E-state index contributed by atoms with van der Waals surface area (Å²) in [6.45, 7) is 0. The summed E-state index contributed by atoms with van der Waals surface area (Å²) in [6, 6.07) is 14.8. The van der Waals surface area contributed by atoms with Crippen molar-refractivity contribution in [2.75, 3.05) is 0 Å². The van der Waals surface area contributed by atoms with Crippen LogP contribution in [0.25, 0.3) is 11.3 Å². The van der Waals surface area contributed by atoms with Gasteiger partial charge in [0.2, 0.25) is 0 Å². The van der Waals surface area contributed by atoms with Crippen molar-refractivity contribution in [1.82, 2.24) is 4.98 Å². The average molecular weight is 336 g/mol. The van der Waals surface area contributed by atoms with E-state index in [1.54, 1.807) is 12.1 Å². The summed E-state index contributed by atoms with van der Waals surface area (Å²) in [6.07, 6.45) is -0.715. The monoisotopic (exact) mass is 335 g/mol. The Labute approximate surface area is 136 Å². The Morgan fingerprint density at radius 3 is 2.48 bits per heavy atom. The molecule has 0 amide bonds. The first kappa shape index (κ1) is 14.5. The van der Waals surface area contributed by atoms with Gasteiger partial charge in [0.15, 0.2) is 0 Å². The standard InChI is InChI=1S/C16H11Cl2NOS/c17-12-7-6-11(8-13(12)18)14-9-21-16(19-14)15(20)10-4-2-1-3-5-10/h1-9,15,20H. The van der Waals surface area contributed by atoms with Crippen LogP contribution in [0.5, 0.6) is 0 Å². The van der Waals surface area contributed by atoms with E-state index < -0.39 is 6.10 Å². The van der Waals surface area contributed by atoms with E-state index in [1.807, 2.05) is 41.8 Å². The lowest BCUT2D eigenvalue weighted by atomic mass is 10.1. The van der Waals surface area contributed by atoms with Crippen LogP contribution in [0.2, 0.25) is 10.0 Å². The molecule has 0 fully saturated rings. The Morgan fingerprint density at radius 1 is 1.00 bits per heavy atom. The third-order valence-corrected chi connectivity index (χ3v) is 4.72. The normalized spacial score (nSPS) is 12.3. The minimum atomic E-state index is -0.715. The van der Waals surface area contributed by atoms with Gasteiger partial charge in [-0.15, -0.1) is 11.3 Å². The second-order valence-corrected chi connectivity index (χ2v) is 6.22. The van der Waals surface area contributed by atoms with Crippen LogP contribution < -0.4 is 0 Å². The molecule has 0 saturated heterocycles. The van der Waals surface area contributed by atoms with Crippen LogP contribution in [0.3, 0.4) is 0 Å². The van der Waals surface area contributed by atoms with Gasteiger partial charge >= 0.3 is 0 Å². The van der Waals surface area contributed by atoms with Crippen molar-refractivity contribution in [2.45, 2.75) is 6.10 Å². The molecule has 2 aromatic carbocycles. The second kappa shape index (κ2) is 6.16. The van der Waals surface area contributed by atoms with Crippen molar-refractivity contribution in [2.24, 2.45) is 0 Å².